The lowest BCUT2D eigenvalue weighted by atomic mass is 9.78. The molecule has 0 aliphatic rings. The number of esters is 2. The van der Waals surface area contributed by atoms with E-state index >= 15 is 0 Å². The summed E-state index contributed by atoms with van der Waals surface area (Å²) in [5, 5.41) is 0. The van der Waals surface area contributed by atoms with E-state index in [9.17, 15) is 9.59 Å². The van der Waals surface area contributed by atoms with E-state index in [0.717, 1.165) is 34.8 Å². The summed E-state index contributed by atoms with van der Waals surface area (Å²) in [6.07, 6.45) is 1.57. The molecule has 0 saturated carbocycles. The molecule has 0 saturated heterocycles. The molecule has 0 aliphatic carbocycles. The van der Waals surface area contributed by atoms with E-state index in [1.807, 2.05) is 24.3 Å². The third-order valence-electron chi connectivity index (χ3n) is 5.82. The van der Waals surface area contributed by atoms with Gasteiger partial charge in [-0.3, -0.25) is 0 Å². The van der Waals surface area contributed by atoms with Gasteiger partial charge in [-0.1, -0.05) is 51.3 Å². The maximum Gasteiger partial charge on any atom is 0.330 e. The first-order valence-corrected chi connectivity index (χ1v) is 12.9. The number of hydrogen-bond donors (Lipinski definition) is 0. The molecule has 0 bridgehead atoms. The molecule has 212 valence electrons. The van der Waals surface area contributed by atoms with Gasteiger partial charge in [0.1, 0.15) is 36.9 Å². The molecule has 39 heavy (non-hydrogen) atoms. The molecule has 0 fully saturated rings. The second kappa shape index (κ2) is 16.4. The standard InChI is InChI=1S/C31H40O8/c1-7-29(32)38-23(3)21-34-17-19-36-27-13-9-25(10-14-27)31(5,6)26-11-15-28(16-12-26)37-20-18-35-22-24(4)39-30(33)8-2/h7-16,23-24H,1-2,17-22H2,3-6H3. The number of ether oxygens (including phenoxy) is 6. The SMILES string of the molecule is C=CC(=O)OC(C)COCCOc1ccc(C(C)(C)c2ccc(OCCOCC(C)OC(=O)C=C)cc2)cc1. The smallest absolute Gasteiger partial charge is 0.330 e. The van der Waals surface area contributed by atoms with Gasteiger partial charge < -0.3 is 28.4 Å². The average Bonchev–Trinajstić information content (AvgIpc) is 2.93. The minimum absolute atomic E-state index is 0.221. The summed E-state index contributed by atoms with van der Waals surface area (Å²) in [5.74, 6) is 0.578. The molecule has 0 spiro atoms. The minimum atomic E-state index is -0.464. The van der Waals surface area contributed by atoms with Gasteiger partial charge in [-0.05, 0) is 49.2 Å². The van der Waals surface area contributed by atoms with Crippen LogP contribution >= 0.6 is 0 Å². The Morgan fingerprint density at radius 3 is 1.38 bits per heavy atom. The Morgan fingerprint density at radius 1 is 0.692 bits per heavy atom. The van der Waals surface area contributed by atoms with Crippen molar-refractivity contribution in [2.45, 2.75) is 45.3 Å². The van der Waals surface area contributed by atoms with Gasteiger partial charge in [0.25, 0.3) is 0 Å². The summed E-state index contributed by atoms with van der Waals surface area (Å²) >= 11 is 0. The quantitative estimate of drug-likeness (QED) is 0.148. The van der Waals surface area contributed by atoms with Crippen LogP contribution < -0.4 is 9.47 Å². The highest BCUT2D eigenvalue weighted by molar-refractivity contribution is 5.81. The molecule has 0 radical (unpaired) electrons. The normalized spacial score (nSPS) is 12.6. The zero-order chi connectivity index (χ0) is 28.7. The molecule has 8 nitrogen and oxygen atoms in total. The van der Waals surface area contributed by atoms with Crippen molar-refractivity contribution in [2.24, 2.45) is 0 Å². The number of benzene rings is 2. The van der Waals surface area contributed by atoms with Crippen LogP contribution in [-0.4, -0.2) is 63.8 Å². The van der Waals surface area contributed by atoms with Crippen molar-refractivity contribution in [1.82, 2.24) is 0 Å². The lowest BCUT2D eigenvalue weighted by Crippen LogP contribution is -2.21. The summed E-state index contributed by atoms with van der Waals surface area (Å²) in [4.78, 5) is 22.3. The molecular weight excluding hydrogens is 500 g/mol. The largest absolute Gasteiger partial charge is 0.491 e. The van der Waals surface area contributed by atoms with Crippen LogP contribution in [0, 0.1) is 0 Å². The maximum absolute atomic E-state index is 11.2. The Kier molecular flexibility index (Phi) is 13.3. The van der Waals surface area contributed by atoms with Crippen molar-refractivity contribution in [3.63, 3.8) is 0 Å². The molecule has 2 unspecified atom stereocenters. The Balaban J connectivity index is 1.74. The number of rotatable bonds is 18. The van der Waals surface area contributed by atoms with E-state index in [0.29, 0.717) is 39.6 Å². The summed E-state index contributed by atoms with van der Waals surface area (Å²) in [6.45, 7) is 16.7. The lowest BCUT2D eigenvalue weighted by Gasteiger charge is -2.26. The van der Waals surface area contributed by atoms with Crippen LogP contribution in [0.3, 0.4) is 0 Å². The number of carbonyl (C=O) groups is 2. The van der Waals surface area contributed by atoms with Crippen LogP contribution in [0.4, 0.5) is 0 Å². The second-order valence-electron chi connectivity index (χ2n) is 9.42. The van der Waals surface area contributed by atoms with Crippen molar-refractivity contribution in [2.75, 3.05) is 39.6 Å². The zero-order valence-corrected chi connectivity index (χ0v) is 23.4. The van der Waals surface area contributed by atoms with Gasteiger partial charge in [-0.25, -0.2) is 9.59 Å². The molecule has 8 heteroatoms. The molecular formula is C31H40O8. The Bertz CT molecular complexity index is 960. The molecule has 2 aromatic rings. The first-order valence-electron chi connectivity index (χ1n) is 12.9. The van der Waals surface area contributed by atoms with E-state index in [-0.39, 0.29) is 17.6 Å². The highest BCUT2D eigenvalue weighted by Crippen LogP contribution is 2.33. The van der Waals surface area contributed by atoms with Crippen LogP contribution in [0.25, 0.3) is 0 Å². The topological polar surface area (TPSA) is 89.5 Å². The molecule has 2 atom stereocenters. The van der Waals surface area contributed by atoms with Crippen LogP contribution in [0.15, 0.2) is 73.8 Å². The average molecular weight is 541 g/mol. The Labute approximate surface area is 231 Å². The molecule has 0 aliphatic heterocycles. The summed E-state index contributed by atoms with van der Waals surface area (Å²) in [7, 11) is 0. The predicted molar refractivity (Wildman–Crippen MR) is 149 cm³/mol. The number of carbonyl (C=O) groups excluding carboxylic acids is 2. The fraction of sp³-hybridized carbons (Fsp3) is 0.419. The van der Waals surface area contributed by atoms with Gasteiger partial charge >= 0.3 is 11.9 Å². The maximum atomic E-state index is 11.2. The molecule has 0 heterocycles. The molecule has 2 aromatic carbocycles. The second-order valence-corrected chi connectivity index (χ2v) is 9.42. The first kappa shape index (κ1) is 31.6. The summed E-state index contributed by atoms with van der Waals surface area (Å²) in [6, 6.07) is 16.0. The third kappa shape index (κ3) is 11.3. The van der Waals surface area contributed by atoms with E-state index in [4.69, 9.17) is 28.4 Å². The fourth-order valence-electron chi connectivity index (χ4n) is 3.60. The van der Waals surface area contributed by atoms with E-state index < -0.39 is 11.9 Å². The van der Waals surface area contributed by atoms with Gasteiger partial charge in [0, 0.05) is 17.6 Å². The Morgan fingerprint density at radius 2 is 1.05 bits per heavy atom. The summed E-state index contributed by atoms with van der Waals surface area (Å²) < 4.78 is 32.6. The molecule has 0 amide bonds. The fourth-order valence-corrected chi connectivity index (χ4v) is 3.60. The first-order chi connectivity index (χ1) is 18.6. The number of hydrogen-bond acceptors (Lipinski definition) is 8. The van der Waals surface area contributed by atoms with Crippen molar-refractivity contribution in [1.29, 1.82) is 0 Å². The predicted octanol–water partition coefficient (Wildman–Crippen LogP) is 5.04. The highest BCUT2D eigenvalue weighted by atomic mass is 16.6. The van der Waals surface area contributed by atoms with Gasteiger partial charge in [0.2, 0.25) is 0 Å². The molecule has 2 rings (SSSR count). The lowest BCUT2D eigenvalue weighted by molar-refractivity contribution is -0.145. The van der Waals surface area contributed by atoms with Crippen LogP contribution in [-0.2, 0) is 34.0 Å². The zero-order valence-electron chi connectivity index (χ0n) is 23.4. The van der Waals surface area contributed by atoms with Crippen LogP contribution in [0.1, 0.15) is 38.8 Å². The third-order valence-corrected chi connectivity index (χ3v) is 5.82. The molecule has 0 aromatic heterocycles. The van der Waals surface area contributed by atoms with Gasteiger partial charge in [-0.15, -0.1) is 0 Å². The van der Waals surface area contributed by atoms with Crippen LogP contribution in [0.5, 0.6) is 11.5 Å². The van der Waals surface area contributed by atoms with E-state index in [2.05, 4.69) is 51.3 Å². The van der Waals surface area contributed by atoms with E-state index in [1.54, 1.807) is 13.8 Å². The van der Waals surface area contributed by atoms with Gasteiger partial charge in [-0.2, -0.15) is 0 Å². The van der Waals surface area contributed by atoms with Gasteiger partial charge in [0.15, 0.2) is 0 Å². The van der Waals surface area contributed by atoms with Crippen molar-refractivity contribution in [3.05, 3.63) is 85.0 Å². The summed E-state index contributed by atoms with van der Waals surface area (Å²) in [5.41, 5.74) is 2.08. The molecule has 0 N–H and O–H groups in total. The van der Waals surface area contributed by atoms with Crippen LogP contribution in [0.2, 0.25) is 0 Å². The minimum Gasteiger partial charge on any atom is -0.491 e. The van der Waals surface area contributed by atoms with Crippen molar-refractivity contribution < 1.29 is 38.0 Å². The monoisotopic (exact) mass is 540 g/mol. The van der Waals surface area contributed by atoms with E-state index in [1.165, 1.54) is 0 Å². The van der Waals surface area contributed by atoms with Crippen molar-refractivity contribution in [3.8, 4) is 11.5 Å². The highest BCUT2D eigenvalue weighted by Gasteiger charge is 2.23. The van der Waals surface area contributed by atoms with Crippen molar-refractivity contribution >= 4 is 11.9 Å². The van der Waals surface area contributed by atoms with Gasteiger partial charge in [0.05, 0.1) is 26.4 Å². The Hall–Kier alpha value is -3.62.